The monoisotopic (exact) mass is 620 g/mol. The molecule has 0 aliphatic heterocycles. The van der Waals surface area contributed by atoms with Gasteiger partial charge in [-0.2, -0.15) is 0 Å². The molecule has 0 unspecified atom stereocenters. The fourth-order valence-corrected chi connectivity index (χ4v) is 14.4. The normalized spacial score (nSPS) is 12.1. The van der Waals surface area contributed by atoms with Gasteiger partial charge in [-0.25, -0.2) is 0 Å². The van der Waals surface area contributed by atoms with Crippen molar-refractivity contribution >= 4 is 47.8 Å². The van der Waals surface area contributed by atoms with Crippen LogP contribution in [0.2, 0.25) is 0 Å². The van der Waals surface area contributed by atoms with Crippen LogP contribution >= 0.6 is 0 Å². The highest BCUT2D eigenvalue weighted by Crippen LogP contribution is 2.23. The van der Waals surface area contributed by atoms with Crippen LogP contribution in [0.15, 0.2) is 182 Å². The standard InChI is InChI=1S/C41H40O2Si2/c1-41(2,33-42-44(35-21-9-3-10-22-35,36-23-11-4-12-24-36)37-25-13-5-14-26-37)34-43-45(38-27-15-6-16-28-38,39-29-17-7-18-30-39)40-31-19-8-20-32-40/h3-32H,33-34H2,1-2H3. The molecule has 0 fully saturated rings. The summed E-state index contributed by atoms with van der Waals surface area (Å²) in [5.74, 6) is 0. The Bertz CT molecular complexity index is 1420. The fraction of sp³-hybridized carbons (Fsp3) is 0.122. The third-order valence-corrected chi connectivity index (χ3v) is 16.5. The Morgan fingerprint density at radius 2 is 0.511 bits per heavy atom. The Balaban J connectivity index is 1.39. The van der Waals surface area contributed by atoms with E-state index in [1.807, 2.05) is 0 Å². The zero-order valence-electron chi connectivity index (χ0n) is 26.1. The summed E-state index contributed by atoms with van der Waals surface area (Å²) in [5, 5.41) is 7.42. The van der Waals surface area contributed by atoms with Crippen LogP contribution in [0.5, 0.6) is 0 Å². The van der Waals surface area contributed by atoms with E-state index in [2.05, 4.69) is 196 Å². The van der Waals surface area contributed by atoms with Crippen molar-refractivity contribution in [1.82, 2.24) is 0 Å². The molecule has 0 bridgehead atoms. The van der Waals surface area contributed by atoms with Gasteiger partial charge in [0.25, 0.3) is 16.6 Å². The lowest BCUT2D eigenvalue weighted by atomic mass is 9.97. The summed E-state index contributed by atoms with van der Waals surface area (Å²) < 4.78 is 14.8. The van der Waals surface area contributed by atoms with Crippen LogP contribution < -0.4 is 31.1 Å². The van der Waals surface area contributed by atoms with E-state index in [-0.39, 0.29) is 5.41 Å². The summed E-state index contributed by atoms with van der Waals surface area (Å²) in [5.41, 5.74) is -0.285. The molecule has 0 N–H and O–H groups in total. The Hall–Kier alpha value is -4.33. The predicted octanol–water partition coefficient (Wildman–Crippen LogP) is 5.38. The molecule has 0 amide bonds. The van der Waals surface area contributed by atoms with E-state index in [9.17, 15) is 0 Å². The number of rotatable bonds is 12. The Kier molecular flexibility index (Phi) is 9.38. The van der Waals surface area contributed by atoms with Crippen LogP contribution in [0.25, 0.3) is 0 Å². The minimum atomic E-state index is -2.84. The SMILES string of the molecule is CC(C)(CO[Si](c1ccccc1)(c1ccccc1)c1ccccc1)CO[Si](c1ccccc1)(c1ccccc1)c1ccccc1. The van der Waals surface area contributed by atoms with E-state index in [0.717, 1.165) is 0 Å². The minimum absolute atomic E-state index is 0.285. The Morgan fingerprint density at radius 1 is 0.333 bits per heavy atom. The third kappa shape index (κ3) is 6.42. The van der Waals surface area contributed by atoms with E-state index in [1.165, 1.54) is 31.1 Å². The average Bonchev–Trinajstić information content (AvgIpc) is 3.12. The molecule has 6 aromatic rings. The van der Waals surface area contributed by atoms with Crippen molar-refractivity contribution in [2.24, 2.45) is 5.41 Å². The zero-order chi connectivity index (χ0) is 31.0. The highest BCUT2D eigenvalue weighted by molar-refractivity contribution is 7.07. The summed E-state index contributed by atoms with van der Waals surface area (Å²) in [6.07, 6.45) is 0. The molecular weight excluding hydrogens is 581 g/mol. The van der Waals surface area contributed by atoms with E-state index in [4.69, 9.17) is 8.85 Å². The second-order valence-electron chi connectivity index (χ2n) is 12.3. The summed E-state index contributed by atoms with van der Waals surface area (Å²) >= 11 is 0. The van der Waals surface area contributed by atoms with E-state index < -0.39 is 16.6 Å². The molecule has 0 spiro atoms. The maximum atomic E-state index is 7.41. The van der Waals surface area contributed by atoms with Crippen LogP contribution in [-0.2, 0) is 8.85 Å². The number of hydrogen-bond acceptors (Lipinski definition) is 2. The summed E-state index contributed by atoms with van der Waals surface area (Å²) in [4.78, 5) is 0. The first-order valence-electron chi connectivity index (χ1n) is 15.7. The van der Waals surface area contributed by atoms with Gasteiger partial charge in [0.2, 0.25) is 0 Å². The van der Waals surface area contributed by atoms with Gasteiger partial charge in [-0.05, 0) is 31.1 Å². The van der Waals surface area contributed by atoms with Crippen molar-refractivity contribution in [3.63, 3.8) is 0 Å². The van der Waals surface area contributed by atoms with Gasteiger partial charge in [0.15, 0.2) is 0 Å². The minimum Gasteiger partial charge on any atom is -0.404 e. The third-order valence-electron chi connectivity index (χ3n) is 8.44. The molecule has 0 radical (unpaired) electrons. The first kappa shape index (κ1) is 30.7. The summed E-state index contributed by atoms with van der Waals surface area (Å²) in [6.45, 7) is 5.63. The van der Waals surface area contributed by atoms with Crippen LogP contribution in [0, 0.1) is 5.41 Å². The van der Waals surface area contributed by atoms with Crippen LogP contribution in [0.1, 0.15) is 13.8 Å². The molecule has 0 heterocycles. The number of benzene rings is 6. The van der Waals surface area contributed by atoms with Crippen molar-refractivity contribution in [3.05, 3.63) is 182 Å². The largest absolute Gasteiger partial charge is 0.404 e. The molecule has 45 heavy (non-hydrogen) atoms. The lowest BCUT2D eigenvalue weighted by Gasteiger charge is -2.39. The smallest absolute Gasteiger partial charge is 0.288 e. The topological polar surface area (TPSA) is 18.5 Å². The van der Waals surface area contributed by atoms with Crippen LogP contribution in [-0.4, -0.2) is 29.8 Å². The maximum Gasteiger partial charge on any atom is 0.288 e. The lowest BCUT2D eigenvalue weighted by Crippen LogP contribution is -2.71. The maximum absolute atomic E-state index is 7.41. The highest BCUT2D eigenvalue weighted by Gasteiger charge is 2.45. The molecule has 0 saturated carbocycles. The van der Waals surface area contributed by atoms with Crippen LogP contribution in [0.4, 0.5) is 0 Å². The van der Waals surface area contributed by atoms with Gasteiger partial charge in [-0.1, -0.05) is 196 Å². The Labute approximate surface area is 270 Å². The average molecular weight is 621 g/mol. The molecule has 224 valence electrons. The van der Waals surface area contributed by atoms with E-state index in [0.29, 0.717) is 13.2 Å². The molecule has 6 rings (SSSR count). The molecule has 6 aromatic carbocycles. The lowest BCUT2D eigenvalue weighted by molar-refractivity contribution is 0.109. The molecular formula is C41H40O2Si2. The van der Waals surface area contributed by atoms with Crippen molar-refractivity contribution in [2.45, 2.75) is 13.8 Å². The van der Waals surface area contributed by atoms with Gasteiger partial charge in [-0.3, -0.25) is 0 Å². The second kappa shape index (κ2) is 13.8. The summed E-state index contributed by atoms with van der Waals surface area (Å²) in [7, 11) is -5.69. The number of hydrogen-bond donors (Lipinski definition) is 0. The van der Waals surface area contributed by atoms with Crippen molar-refractivity contribution in [2.75, 3.05) is 13.2 Å². The highest BCUT2D eigenvalue weighted by atomic mass is 28.4. The zero-order valence-corrected chi connectivity index (χ0v) is 28.1. The molecule has 0 aromatic heterocycles. The molecule has 0 saturated heterocycles. The molecule has 4 heteroatoms. The van der Waals surface area contributed by atoms with E-state index in [1.54, 1.807) is 0 Å². The Morgan fingerprint density at radius 3 is 0.689 bits per heavy atom. The van der Waals surface area contributed by atoms with Gasteiger partial charge in [0, 0.05) is 18.6 Å². The molecule has 2 nitrogen and oxygen atoms in total. The van der Waals surface area contributed by atoms with Crippen LogP contribution in [0.3, 0.4) is 0 Å². The van der Waals surface area contributed by atoms with Crippen molar-refractivity contribution in [3.8, 4) is 0 Å². The molecule has 0 aliphatic rings. The first-order valence-corrected chi connectivity index (χ1v) is 19.5. The van der Waals surface area contributed by atoms with Crippen molar-refractivity contribution < 1.29 is 8.85 Å². The van der Waals surface area contributed by atoms with Gasteiger partial charge < -0.3 is 8.85 Å². The predicted molar refractivity (Wildman–Crippen MR) is 194 cm³/mol. The first-order chi connectivity index (χ1) is 22.0. The molecule has 0 atom stereocenters. The van der Waals surface area contributed by atoms with Gasteiger partial charge in [-0.15, -0.1) is 0 Å². The van der Waals surface area contributed by atoms with Gasteiger partial charge in [0.1, 0.15) is 0 Å². The van der Waals surface area contributed by atoms with Crippen molar-refractivity contribution in [1.29, 1.82) is 0 Å². The fourth-order valence-electron chi connectivity index (χ4n) is 6.19. The van der Waals surface area contributed by atoms with Gasteiger partial charge >= 0.3 is 0 Å². The van der Waals surface area contributed by atoms with E-state index >= 15 is 0 Å². The van der Waals surface area contributed by atoms with Gasteiger partial charge in [0.05, 0.1) is 0 Å². The summed E-state index contributed by atoms with van der Waals surface area (Å²) in [6, 6.07) is 64.7. The molecule has 0 aliphatic carbocycles. The quantitative estimate of drug-likeness (QED) is 0.135. The second-order valence-corrected chi connectivity index (χ2v) is 19.1.